The van der Waals surface area contributed by atoms with Gasteiger partial charge in [0.05, 0.1) is 0 Å². The van der Waals surface area contributed by atoms with Crippen LogP contribution in [-0.4, -0.2) is 31.4 Å². The number of nitrogens with zero attached hydrogens (tertiary/aromatic N) is 1. The van der Waals surface area contributed by atoms with Crippen LogP contribution in [0.15, 0.2) is 6.20 Å². The SMILES string of the molecule is C[Si](C)(C)c1c(F)cn[c]([Sn]([CH3])([CH3])[CH3])c1F. The zero-order valence-electron chi connectivity index (χ0n) is 10.8. The maximum absolute atomic E-state index is 14.3. The van der Waals surface area contributed by atoms with Crippen LogP contribution in [-0.2, 0) is 0 Å². The van der Waals surface area contributed by atoms with Crippen molar-refractivity contribution in [2.75, 3.05) is 0 Å². The summed E-state index contributed by atoms with van der Waals surface area (Å²) in [5, 5.41) is 0.309. The first-order valence-corrected chi connectivity index (χ1v) is 18.9. The van der Waals surface area contributed by atoms with E-state index in [0.717, 1.165) is 0 Å². The van der Waals surface area contributed by atoms with Gasteiger partial charge in [-0.2, -0.15) is 0 Å². The van der Waals surface area contributed by atoms with Gasteiger partial charge in [0.2, 0.25) is 0 Å². The van der Waals surface area contributed by atoms with Gasteiger partial charge < -0.3 is 0 Å². The summed E-state index contributed by atoms with van der Waals surface area (Å²) in [6, 6.07) is 0. The van der Waals surface area contributed by atoms with Crippen molar-refractivity contribution in [1.82, 2.24) is 4.98 Å². The summed E-state index contributed by atoms with van der Waals surface area (Å²) in [5.41, 5.74) is 0. The second-order valence-electron chi connectivity index (χ2n) is 6.14. The standard InChI is InChI=1S/C8H10F2NSi.3CH3.Sn/c1-12(2,3)8-6(9)4-11-5-7(8)10;;;;/h4H,1-3H3;3*1H3;. The molecule has 0 saturated heterocycles. The van der Waals surface area contributed by atoms with E-state index in [9.17, 15) is 8.78 Å². The number of rotatable bonds is 2. The summed E-state index contributed by atoms with van der Waals surface area (Å²) in [6.07, 6.45) is 1.20. The Morgan fingerprint density at radius 2 is 1.62 bits per heavy atom. The summed E-state index contributed by atoms with van der Waals surface area (Å²) < 4.78 is 28.5. The number of hydrogen-bond donors (Lipinski definition) is 0. The van der Waals surface area contributed by atoms with Crippen LogP contribution < -0.4 is 8.90 Å². The Labute approximate surface area is 101 Å². The molecule has 0 amide bonds. The fourth-order valence-corrected chi connectivity index (χ4v) is 7.12. The molecule has 1 heterocycles. The van der Waals surface area contributed by atoms with Gasteiger partial charge in [0.25, 0.3) is 0 Å². The third kappa shape index (κ3) is 2.82. The van der Waals surface area contributed by atoms with E-state index in [1.54, 1.807) is 0 Å². The molecule has 0 aliphatic heterocycles. The van der Waals surface area contributed by atoms with Crippen molar-refractivity contribution in [2.24, 2.45) is 0 Å². The average Bonchev–Trinajstić information content (AvgIpc) is 1.97. The molecular weight excluding hydrogens is 331 g/mol. The quantitative estimate of drug-likeness (QED) is 0.747. The van der Waals surface area contributed by atoms with Gasteiger partial charge >= 0.3 is 101 Å². The molecule has 0 spiro atoms. The van der Waals surface area contributed by atoms with Crippen molar-refractivity contribution in [3.05, 3.63) is 17.8 Å². The van der Waals surface area contributed by atoms with Crippen LogP contribution in [0.4, 0.5) is 8.78 Å². The van der Waals surface area contributed by atoms with E-state index in [1.165, 1.54) is 6.20 Å². The molecular formula is C11H19F2NSiSn. The van der Waals surface area contributed by atoms with Crippen molar-refractivity contribution >= 4 is 35.3 Å². The molecule has 0 N–H and O–H groups in total. The molecule has 0 unspecified atom stereocenters. The molecule has 1 aromatic heterocycles. The summed E-state index contributed by atoms with van der Waals surface area (Å²) in [5.74, 6) is -0.835. The second-order valence-corrected chi connectivity index (χ2v) is 25.3. The summed E-state index contributed by atoms with van der Waals surface area (Å²) in [4.78, 5) is 10.3. The molecule has 5 heteroatoms. The minimum absolute atomic E-state index is 0.309. The molecule has 0 bridgehead atoms. The van der Waals surface area contributed by atoms with E-state index in [1.807, 2.05) is 19.6 Å². The van der Waals surface area contributed by atoms with E-state index < -0.39 is 32.3 Å². The summed E-state index contributed by atoms with van der Waals surface area (Å²) >= 11 is -2.58. The Balaban J connectivity index is 3.52. The van der Waals surface area contributed by atoms with E-state index in [2.05, 4.69) is 19.8 Å². The van der Waals surface area contributed by atoms with Gasteiger partial charge in [-0.3, -0.25) is 0 Å². The zero-order chi connectivity index (χ0) is 12.7. The maximum atomic E-state index is 14.3. The molecule has 0 saturated carbocycles. The predicted molar refractivity (Wildman–Crippen MR) is 70.1 cm³/mol. The van der Waals surface area contributed by atoms with Gasteiger partial charge in [-0.1, -0.05) is 0 Å². The van der Waals surface area contributed by atoms with Crippen LogP contribution in [0.3, 0.4) is 0 Å². The molecule has 0 radical (unpaired) electrons. The fraction of sp³-hybridized carbons (Fsp3) is 0.545. The predicted octanol–water partition coefficient (Wildman–Crippen LogP) is 2.45. The zero-order valence-corrected chi connectivity index (χ0v) is 14.6. The first kappa shape index (κ1) is 14.1. The van der Waals surface area contributed by atoms with Crippen molar-refractivity contribution in [3.8, 4) is 0 Å². The van der Waals surface area contributed by atoms with Crippen molar-refractivity contribution in [3.63, 3.8) is 0 Å². The monoisotopic (exact) mass is 351 g/mol. The molecule has 0 aliphatic rings. The van der Waals surface area contributed by atoms with Crippen LogP contribution in [0.25, 0.3) is 0 Å². The fourth-order valence-electron chi connectivity index (χ4n) is 1.68. The summed E-state index contributed by atoms with van der Waals surface area (Å²) in [7, 11) is -1.99. The average molecular weight is 350 g/mol. The molecule has 1 nitrogen and oxygen atoms in total. The molecule has 1 aromatic rings. The summed E-state index contributed by atoms with van der Waals surface area (Å²) in [6.45, 7) is 5.86. The number of aromatic nitrogens is 1. The van der Waals surface area contributed by atoms with Crippen LogP contribution in [0.5, 0.6) is 0 Å². The normalized spacial score (nSPS) is 13.0. The Hall–Kier alpha value is 0.0256. The molecule has 16 heavy (non-hydrogen) atoms. The van der Waals surface area contributed by atoms with Gasteiger partial charge in [0.1, 0.15) is 0 Å². The molecule has 0 aromatic carbocycles. The van der Waals surface area contributed by atoms with Crippen molar-refractivity contribution in [1.29, 1.82) is 0 Å². The molecule has 0 fully saturated rings. The third-order valence-electron chi connectivity index (χ3n) is 2.43. The Morgan fingerprint density at radius 3 is 2.00 bits per heavy atom. The van der Waals surface area contributed by atoms with Gasteiger partial charge in [-0.05, 0) is 0 Å². The van der Waals surface area contributed by atoms with Crippen LogP contribution in [0.2, 0.25) is 34.5 Å². The van der Waals surface area contributed by atoms with Gasteiger partial charge in [-0.15, -0.1) is 0 Å². The van der Waals surface area contributed by atoms with Crippen molar-refractivity contribution < 1.29 is 8.78 Å². The van der Waals surface area contributed by atoms with E-state index in [0.29, 0.717) is 8.90 Å². The molecule has 0 aliphatic carbocycles. The van der Waals surface area contributed by atoms with Crippen molar-refractivity contribution in [2.45, 2.75) is 34.5 Å². The second kappa shape index (κ2) is 4.36. The van der Waals surface area contributed by atoms with E-state index in [4.69, 9.17) is 0 Å². The molecule has 90 valence electrons. The van der Waals surface area contributed by atoms with Gasteiger partial charge in [0, 0.05) is 0 Å². The van der Waals surface area contributed by atoms with Gasteiger partial charge in [-0.25, -0.2) is 0 Å². The molecule has 0 atom stereocenters. The topological polar surface area (TPSA) is 12.9 Å². The molecule has 1 rings (SSSR count). The van der Waals surface area contributed by atoms with E-state index >= 15 is 0 Å². The van der Waals surface area contributed by atoms with Crippen LogP contribution in [0, 0.1) is 11.6 Å². The minimum atomic E-state index is -2.58. The van der Waals surface area contributed by atoms with Gasteiger partial charge in [0.15, 0.2) is 0 Å². The Morgan fingerprint density at radius 1 is 1.12 bits per heavy atom. The first-order chi connectivity index (χ1) is 7.05. The Bertz CT molecular complexity index is 408. The number of hydrogen-bond acceptors (Lipinski definition) is 1. The number of halogens is 2. The van der Waals surface area contributed by atoms with Crippen LogP contribution >= 0.6 is 0 Å². The van der Waals surface area contributed by atoms with E-state index in [-0.39, 0.29) is 5.82 Å². The Kier molecular flexibility index (Phi) is 3.84. The third-order valence-corrected chi connectivity index (χ3v) is 9.44. The van der Waals surface area contributed by atoms with Crippen LogP contribution in [0.1, 0.15) is 0 Å². The number of pyridine rings is 1. The first-order valence-electron chi connectivity index (χ1n) is 5.40.